The van der Waals surface area contributed by atoms with Crippen LogP contribution in [-0.2, 0) is 4.74 Å². The minimum Gasteiger partial charge on any atom is -0.378 e. The van der Waals surface area contributed by atoms with Gasteiger partial charge in [-0.25, -0.2) is 4.79 Å². The van der Waals surface area contributed by atoms with Crippen molar-refractivity contribution in [3.8, 4) is 11.8 Å². The second-order valence-corrected chi connectivity index (χ2v) is 4.66. The largest absolute Gasteiger partial charge is 0.378 e. The van der Waals surface area contributed by atoms with Gasteiger partial charge in [0.15, 0.2) is 0 Å². The number of morpholine rings is 1. The fourth-order valence-corrected chi connectivity index (χ4v) is 2.01. The summed E-state index contributed by atoms with van der Waals surface area (Å²) < 4.78 is 5.22. The number of rotatable bonds is 1. The van der Waals surface area contributed by atoms with Gasteiger partial charge in [0.2, 0.25) is 0 Å². The average Bonchev–Trinajstić information content (AvgIpc) is 2.48. The Morgan fingerprint density at radius 2 is 2.20 bits per heavy atom. The molecule has 1 fully saturated rings. The number of nitrogens with two attached hydrogens (primary N) is 1. The summed E-state index contributed by atoms with van der Waals surface area (Å²) in [6.07, 6.45) is 0. The molecule has 1 saturated heterocycles. The van der Waals surface area contributed by atoms with Crippen LogP contribution in [0.25, 0.3) is 0 Å². The van der Waals surface area contributed by atoms with Crippen molar-refractivity contribution >= 4 is 23.3 Å². The van der Waals surface area contributed by atoms with Gasteiger partial charge in [0, 0.05) is 23.7 Å². The van der Waals surface area contributed by atoms with Crippen molar-refractivity contribution in [2.24, 2.45) is 5.73 Å². The summed E-state index contributed by atoms with van der Waals surface area (Å²) in [6.45, 7) is 2.55. The molecule has 0 aromatic heterocycles. The fraction of sp³-hybridized carbons (Fsp3) is 0.357. The maximum atomic E-state index is 12.1. The van der Waals surface area contributed by atoms with Crippen LogP contribution in [0.1, 0.15) is 5.56 Å². The highest BCUT2D eigenvalue weighted by atomic mass is 35.5. The molecule has 106 valence electrons. The maximum Gasteiger partial charge on any atom is 0.322 e. The van der Waals surface area contributed by atoms with Crippen LogP contribution in [-0.4, -0.2) is 43.8 Å². The molecule has 0 radical (unpaired) electrons. The third kappa shape index (κ3) is 3.87. The van der Waals surface area contributed by atoms with Crippen LogP contribution in [0.5, 0.6) is 0 Å². The van der Waals surface area contributed by atoms with Gasteiger partial charge in [0.1, 0.15) is 0 Å². The summed E-state index contributed by atoms with van der Waals surface area (Å²) in [5, 5.41) is 3.41. The van der Waals surface area contributed by atoms with Crippen molar-refractivity contribution < 1.29 is 9.53 Å². The Hall–Kier alpha value is -1.74. The van der Waals surface area contributed by atoms with Gasteiger partial charge in [0.25, 0.3) is 0 Å². The molecule has 2 amide bonds. The summed E-state index contributed by atoms with van der Waals surface area (Å²) >= 11 is 5.94. The molecule has 20 heavy (non-hydrogen) atoms. The smallest absolute Gasteiger partial charge is 0.322 e. The fourth-order valence-electron chi connectivity index (χ4n) is 1.84. The van der Waals surface area contributed by atoms with E-state index in [4.69, 9.17) is 22.1 Å². The summed E-state index contributed by atoms with van der Waals surface area (Å²) in [4.78, 5) is 13.8. The minimum absolute atomic E-state index is 0.161. The standard InChI is InChI=1S/C14H16ClN3O2/c15-12-3-4-13(11(10-12)2-1-5-16)17-14(19)18-6-8-20-9-7-18/h3-4,10H,5-9,16H2,(H,17,19). The molecule has 0 unspecified atom stereocenters. The average molecular weight is 294 g/mol. The lowest BCUT2D eigenvalue weighted by molar-refractivity contribution is 0.0564. The number of amides is 2. The first kappa shape index (κ1) is 14.7. The monoisotopic (exact) mass is 293 g/mol. The highest BCUT2D eigenvalue weighted by Crippen LogP contribution is 2.20. The number of nitrogens with one attached hydrogen (secondary N) is 1. The minimum atomic E-state index is -0.161. The van der Waals surface area contributed by atoms with E-state index in [1.54, 1.807) is 23.1 Å². The molecule has 5 nitrogen and oxygen atoms in total. The topological polar surface area (TPSA) is 67.6 Å². The van der Waals surface area contributed by atoms with Crippen molar-refractivity contribution in [3.63, 3.8) is 0 Å². The number of hydrogen-bond donors (Lipinski definition) is 2. The zero-order valence-electron chi connectivity index (χ0n) is 11.0. The van der Waals surface area contributed by atoms with E-state index in [2.05, 4.69) is 17.2 Å². The van der Waals surface area contributed by atoms with E-state index in [9.17, 15) is 4.79 Å². The number of carbonyl (C=O) groups excluding carboxylic acids is 1. The van der Waals surface area contributed by atoms with Gasteiger partial charge in [-0.05, 0) is 18.2 Å². The van der Waals surface area contributed by atoms with E-state index >= 15 is 0 Å². The van der Waals surface area contributed by atoms with Crippen LogP contribution >= 0.6 is 11.6 Å². The predicted molar refractivity (Wildman–Crippen MR) is 78.8 cm³/mol. The number of benzene rings is 1. The highest BCUT2D eigenvalue weighted by Gasteiger charge is 2.17. The zero-order valence-corrected chi connectivity index (χ0v) is 11.7. The molecule has 3 N–H and O–H groups in total. The maximum absolute atomic E-state index is 12.1. The number of ether oxygens (including phenoxy) is 1. The zero-order chi connectivity index (χ0) is 14.4. The van der Waals surface area contributed by atoms with E-state index in [1.165, 1.54) is 0 Å². The molecule has 2 rings (SSSR count). The number of anilines is 1. The van der Waals surface area contributed by atoms with E-state index in [0.29, 0.717) is 42.6 Å². The Kier molecular flexibility index (Phi) is 5.24. The highest BCUT2D eigenvalue weighted by molar-refractivity contribution is 6.30. The van der Waals surface area contributed by atoms with Crippen LogP contribution in [0, 0.1) is 11.8 Å². The van der Waals surface area contributed by atoms with Crippen LogP contribution in [0.3, 0.4) is 0 Å². The first-order valence-electron chi connectivity index (χ1n) is 6.33. The number of halogens is 1. The lowest BCUT2D eigenvalue weighted by Crippen LogP contribution is -2.43. The lowest BCUT2D eigenvalue weighted by atomic mass is 10.2. The second kappa shape index (κ2) is 7.15. The Labute approximate surface area is 123 Å². The summed E-state index contributed by atoms with van der Waals surface area (Å²) in [5.41, 5.74) is 6.65. The van der Waals surface area contributed by atoms with Gasteiger partial charge in [-0.2, -0.15) is 0 Å². The predicted octanol–water partition coefficient (Wildman–Crippen LogP) is 1.51. The first-order valence-corrected chi connectivity index (χ1v) is 6.70. The SMILES string of the molecule is NCC#Cc1cc(Cl)ccc1NC(=O)N1CCOCC1. The second-order valence-electron chi connectivity index (χ2n) is 4.23. The molecule has 0 spiro atoms. The molecule has 1 heterocycles. The van der Waals surface area contributed by atoms with Gasteiger partial charge in [0.05, 0.1) is 25.4 Å². The Bertz CT molecular complexity index is 545. The van der Waals surface area contributed by atoms with E-state index in [-0.39, 0.29) is 12.6 Å². The molecule has 1 aliphatic heterocycles. The Balaban J connectivity index is 2.13. The van der Waals surface area contributed by atoms with Crippen molar-refractivity contribution in [2.75, 3.05) is 38.2 Å². The Morgan fingerprint density at radius 3 is 2.90 bits per heavy atom. The summed E-state index contributed by atoms with van der Waals surface area (Å²) in [7, 11) is 0. The molecular weight excluding hydrogens is 278 g/mol. The molecule has 0 atom stereocenters. The first-order chi connectivity index (χ1) is 9.70. The van der Waals surface area contributed by atoms with Crippen molar-refractivity contribution in [2.45, 2.75) is 0 Å². The van der Waals surface area contributed by atoms with E-state index in [0.717, 1.165) is 0 Å². The van der Waals surface area contributed by atoms with Gasteiger partial charge >= 0.3 is 6.03 Å². The van der Waals surface area contributed by atoms with Gasteiger partial charge in [-0.1, -0.05) is 23.4 Å². The van der Waals surface area contributed by atoms with E-state index in [1.807, 2.05) is 0 Å². The third-order valence-corrected chi connectivity index (χ3v) is 3.08. The molecule has 1 aromatic rings. The number of urea groups is 1. The van der Waals surface area contributed by atoms with Crippen molar-refractivity contribution in [1.82, 2.24) is 4.90 Å². The summed E-state index contributed by atoms with van der Waals surface area (Å²) in [5.74, 6) is 5.66. The summed E-state index contributed by atoms with van der Waals surface area (Å²) in [6, 6.07) is 5.00. The number of nitrogens with zero attached hydrogens (tertiary/aromatic N) is 1. The molecular formula is C14H16ClN3O2. The lowest BCUT2D eigenvalue weighted by Gasteiger charge is -2.27. The van der Waals surface area contributed by atoms with Crippen LogP contribution < -0.4 is 11.1 Å². The number of carbonyl (C=O) groups is 1. The van der Waals surface area contributed by atoms with Crippen LogP contribution in [0.4, 0.5) is 10.5 Å². The molecule has 0 aliphatic carbocycles. The molecule has 0 bridgehead atoms. The van der Waals surface area contributed by atoms with Gasteiger partial charge < -0.3 is 20.7 Å². The third-order valence-electron chi connectivity index (χ3n) is 2.85. The van der Waals surface area contributed by atoms with Crippen LogP contribution in [0.2, 0.25) is 5.02 Å². The quantitative estimate of drug-likeness (QED) is 0.771. The van der Waals surface area contributed by atoms with Gasteiger partial charge in [-0.15, -0.1) is 0 Å². The van der Waals surface area contributed by atoms with Crippen LogP contribution in [0.15, 0.2) is 18.2 Å². The number of hydrogen-bond acceptors (Lipinski definition) is 3. The van der Waals surface area contributed by atoms with Gasteiger partial charge in [-0.3, -0.25) is 0 Å². The molecule has 6 heteroatoms. The van der Waals surface area contributed by atoms with Crippen molar-refractivity contribution in [1.29, 1.82) is 0 Å². The van der Waals surface area contributed by atoms with Crippen molar-refractivity contribution in [3.05, 3.63) is 28.8 Å². The Morgan fingerprint density at radius 1 is 1.45 bits per heavy atom. The molecule has 1 aromatic carbocycles. The normalized spacial score (nSPS) is 14.4. The molecule has 0 saturated carbocycles. The molecule has 1 aliphatic rings. The van der Waals surface area contributed by atoms with E-state index < -0.39 is 0 Å².